The molecule has 2 aromatic rings. The third-order valence-corrected chi connectivity index (χ3v) is 6.21. The molecule has 0 bridgehead atoms. The summed E-state index contributed by atoms with van der Waals surface area (Å²) in [6.07, 6.45) is 2.37. The number of hydrogen-bond donors (Lipinski definition) is 0. The lowest BCUT2D eigenvalue weighted by Crippen LogP contribution is -2.46. The van der Waals surface area contributed by atoms with Crippen molar-refractivity contribution in [2.24, 2.45) is 5.41 Å². The van der Waals surface area contributed by atoms with E-state index in [9.17, 15) is 9.59 Å². The van der Waals surface area contributed by atoms with Crippen molar-refractivity contribution in [3.05, 3.63) is 64.6 Å². The zero-order valence-corrected chi connectivity index (χ0v) is 16.1. The second-order valence-corrected chi connectivity index (χ2v) is 8.04. The minimum absolute atomic E-state index is 0.0654. The number of nitrogens with zero attached hydrogens (tertiary/aromatic N) is 2. The van der Waals surface area contributed by atoms with Crippen LogP contribution in [0.1, 0.15) is 29.6 Å². The molecule has 0 saturated carbocycles. The molecule has 5 heteroatoms. The number of benzene rings is 2. The van der Waals surface area contributed by atoms with Gasteiger partial charge in [-0.1, -0.05) is 34.1 Å². The van der Waals surface area contributed by atoms with Gasteiger partial charge in [-0.2, -0.15) is 0 Å². The van der Waals surface area contributed by atoms with Crippen molar-refractivity contribution in [3.8, 4) is 0 Å². The van der Waals surface area contributed by atoms with Gasteiger partial charge in [0.1, 0.15) is 0 Å². The van der Waals surface area contributed by atoms with Crippen LogP contribution in [0.15, 0.2) is 59.1 Å². The number of carbonyl (C=O) groups excluding carboxylic acids is 2. The average molecular weight is 413 g/mol. The molecule has 4 rings (SSSR count). The number of halogens is 1. The van der Waals surface area contributed by atoms with Gasteiger partial charge in [-0.05, 0) is 55.7 Å². The topological polar surface area (TPSA) is 40.6 Å². The lowest BCUT2D eigenvalue weighted by Gasteiger charge is -2.38. The maximum absolute atomic E-state index is 13.1. The van der Waals surface area contributed by atoms with E-state index in [1.165, 1.54) is 0 Å². The van der Waals surface area contributed by atoms with Gasteiger partial charge in [0.15, 0.2) is 0 Å². The third kappa shape index (κ3) is 3.05. The van der Waals surface area contributed by atoms with Gasteiger partial charge in [-0.25, -0.2) is 0 Å². The molecular formula is C21H21BrN2O2. The van der Waals surface area contributed by atoms with Crippen molar-refractivity contribution in [3.63, 3.8) is 0 Å². The summed E-state index contributed by atoms with van der Waals surface area (Å²) >= 11 is 3.44. The first-order chi connectivity index (χ1) is 12.6. The maximum Gasteiger partial charge on any atom is 0.253 e. The predicted molar refractivity (Wildman–Crippen MR) is 105 cm³/mol. The normalized spacial score (nSPS) is 19.2. The van der Waals surface area contributed by atoms with Crippen LogP contribution in [0.3, 0.4) is 0 Å². The van der Waals surface area contributed by atoms with Crippen LogP contribution in [0.2, 0.25) is 0 Å². The molecule has 2 saturated heterocycles. The number of hydrogen-bond acceptors (Lipinski definition) is 2. The molecule has 0 unspecified atom stereocenters. The molecule has 0 radical (unpaired) electrons. The summed E-state index contributed by atoms with van der Waals surface area (Å²) in [6.45, 7) is 2.05. The van der Waals surface area contributed by atoms with Gasteiger partial charge in [-0.3, -0.25) is 9.59 Å². The van der Waals surface area contributed by atoms with Crippen LogP contribution in [-0.4, -0.2) is 36.3 Å². The van der Waals surface area contributed by atoms with Gasteiger partial charge < -0.3 is 9.80 Å². The van der Waals surface area contributed by atoms with Gasteiger partial charge in [0.05, 0.1) is 5.41 Å². The van der Waals surface area contributed by atoms with Crippen molar-refractivity contribution < 1.29 is 9.59 Å². The summed E-state index contributed by atoms with van der Waals surface area (Å²) in [5, 5.41) is 0. The van der Waals surface area contributed by atoms with Crippen LogP contribution in [0.4, 0.5) is 5.69 Å². The molecule has 0 aromatic heterocycles. The number of carbonyl (C=O) groups is 2. The van der Waals surface area contributed by atoms with E-state index in [0.717, 1.165) is 41.5 Å². The molecule has 2 aliphatic heterocycles. The number of likely N-dealkylation sites (tertiary alicyclic amines) is 1. The number of piperidine rings is 1. The summed E-state index contributed by atoms with van der Waals surface area (Å²) in [6, 6.07) is 17.3. The zero-order valence-electron chi connectivity index (χ0n) is 14.5. The van der Waals surface area contributed by atoms with E-state index in [2.05, 4.69) is 15.9 Å². The molecule has 2 amide bonds. The monoisotopic (exact) mass is 412 g/mol. The highest BCUT2D eigenvalue weighted by Crippen LogP contribution is 2.43. The Morgan fingerprint density at radius 2 is 1.50 bits per heavy atom. The summed E-state index contributed by atoms with van der Waals surface area (Å²) in [5.74, 6) is 0.280. The molecule has 4 nitrogen and oxygen atoms in total. The first-order valence-electron chi connectivity index (χ1n) is 9.01. The highest BCUT2D eigenvalue weighted by Gasteiger charge is 2.49. The van der Waals surface area contributed by atoms with Crippen LogP contribution >= 0.6 is 15.9 Å². The van der Waals surface area contributed by atoms with E-state index in [0.29, 0.717) is 13.1 Å². The Labute approximate surface area is 161 Å². The van der Waals surface area contributed by atoms with Crippen LogP contribution in [-0.2, 0) is 4.79 Å². The molecule has 0 N–H and O–H groups in total. The molecule has 2 aliphatic rings. The number of rotatable bonds is 2. The first-order valence-corrected chi connectivity index (χ1v) is 9.80. The Hall–Kier alpha value is -2.14. The number of amides is 2. The second kappa shape index (κ2) is 6.88. The Kier molecular flexibility index (Phi) is 4.57. The van der Waals surface area contributed by atoms with Crippen molar-refractivity contribution in [1.82, 2.24) is 4.90 Å². The van der Waals surface area contributed by atoms with E-state index in [1.807, 2.05) is 64.4 Å². The fourth-order valence-corrected chi connectivity index (χ4v) is 4.32. The van der Waals surface area contributed by atoms with Gasteiger partial charge in [0.25, 0.3) is 5.91 Å². The van der Waals surface area contributed by atoms with Crippen LogP contribution in [0.5, 0.6) is 0 Å². The summed E-state index contributed by atoms with van der Waals surface area (Å²) in [5.41, 5.74) is 1.37. The standard InChI is InChI=1S/C21H21BrN2O2/c22-17-6-8-18(9-7-17)24-15-12-21(20(24)26)10-13-23(14-11-21)19(25)16-4-2-1-3-5-16/h1-9H,10-15H2. The van der Waals surface area contributed by atoms with Crippen LogP contribution < -0.4 is 4.90 Å². The summed E-state index contributed by atoms with van der Waals surface area (Å²) in [7, 11) is 0. The minimum atomic E-state index is -0.305. The fraction of sp³-hybridized carbons (Fsp3) is 0.333. The maximum atomic E-state index is 13.1. The van der Waals surface area contributed by atoms with Gasteiger partial charge >= 0.3 is 0 Å². The molecule has 2 fully saturated rings. The lowest BCUT2D eigenvalue weighted by atomic mass is 9.77. The SMILES string of the molecule is O=C(c1ccccc1)N1CCC2(CC1)CCN(c1ccc(Br)cc1)C2=O. The van der Waals surface area contributed by atoms with Gasteiger partial charge in [0.2, 0.25) is 5.91 Å². The van der Waals surface area contributed by atoms with E-state index in [-0.39, 0.29) is 17.2 Å². The predicted octanol–water partition coefficient (Wildman–Crippen LogP) is 4.11. The lowest BCUT2D eigenvalue weighted by molar-refractivity contribution is -0.127. The van der Waals surface area contributed by atoms with Crippen LogP contribution in [0, 0.1) is 5.41 Å². The number of anilines is 1. The Morgan fingerprint density at radius 1 is 0.885 bits per heavy atom. The Balaban J connectivity index is 1.45. The highest BCUT2D eigenvalue weighted by molar-refractivity contribution is 9.10. The summed E-state index contributed by atoms with van der Waals surface area (Å²) < 4.78 is 1.01. The molecule has 1 spiro atoms. The minimum Gasteiger partial charge on any atom is -0.339 e. The first kappa shape index (κ1) is 17.3. The largest absolute Gasteiger partial charge is 0.339 e. The van der Waals surface area contributed by atoms with Gasteiger partial charge in [0, 0.05) is 35.4 Å². The zero-order chi connectivity index (χ0) is 18.1. The fourth-order valence-electron chi connectivity index (χ4n) is 4.05. The van der Waals surface area contributed by atoms with Crippen molar-refractivity contribution in [1.29, 1.82) is 0 Å². The highest BCUT2D eigenvalue weighted by atomic mass is 79.9. The third-order valence-electron chi connectivity index (χ3n) is 5.68. The molecular weight excluding hydrogens is 392 g/mol. The van der Waals surface area contributed by atoms with Crippen molar-refractivity contribution >= 4 is 33.4 Å². The Morgan fingerprint density at radius 3 is 2.15 bits per heavy atom. The smallest absolute Gasteiger partial charge is 0.253 e. The molecule has 2 aromatic carbocycles. The van der Waals surface area contributed by atoms with E-state index in [1.54, 1.807) is 0 Å². The van der Waals surface area contributed by atoms with Crippen molar-refractivity contribution in [2.45, 2.75) is 19.3 Å². The second-order valence-electron chi connectivity index (χ2n) is 7.12. The molecule has 0 aliphatic carbocycles. The molecule has 0 atom stereocenters. The average Bonchev–Trinajstić information content (AvgIpc) is 2.99. The molecule has 134 valence electrons. The van der Waals surface area contributed by atoms with Crippen molar-refractivity contribution in [2.75, 3.05) is 24.5 Å². The Bertz CT molecular complexity index is 812. The van der Waals surface area contributed by atoms with E-state index < -0.39 is 0 Å². The molecule has 26 heavy (non-hydrogen) atoms. The molecule has 2 heterocycles. The van der Waals surface area contributed by atoms with Gasteiger partial charge in [-0.15, -0.1) is 0 Å². The van der Waals surface area contributed by atoms with E-state index >= 15 is 0 Å². The van der Waals surface area contributed by atoms with E-state index in [4.69, 9.17) is 0 Å². The summed E-state index contributed by atoms with van der Waals surface area (Å²) in [4.78, 5) is 29.5. The quantitative estimate of drug-likeness (QED) is 0.744. The van der Waals surface area contributed by atoms with Crippen LogP contribution in [0.25, 0.3) is 0 Å².